The number of benzene rings is 1. The molecule has 0 saturated carbocycles. The van der Waals surface area contributed by atoms with Gasteiger partial charge in [0.2, 0.25) is 0 Å². The molecule has 0 bridgehead atoms. The van der Waals surface area contributed by atoms with Gasteiger partial charge < -0.3 is 4.84 Å². The third kappa shape index (κ3) is 1.19. The van der Waals surface area contributed by atoms with Gasteiger partial charge in [-0.2, -0.15) is 0 Å². The van der Waals surface area contributed by atoms with Crippen LogP contribution in [0.4, 0.5) is 0 Å². The largest absolute Gasteiger partial charge is 0.398 e. The van der Waals surface area contributed by atoms with Crippen molar-refractivity contribution < 1.29 is 4.84 Å². The number of H-pyrrole nitrogens is 1. The number of hydrogen-bond acceptors (Lipinski definition) is 2. The highest BCUT2D eigenvalue weighted by atomic mass is 35.5. The Labute approximate surface area is 78.6 Å². The Morgan fingerprint density at radius 1 is 1.54 bits per heavy atom. The average Bonchev–Trinajstić information content (AvgIpc) is 2.44. The van der Waals surface area contributed by atoms with Crippen molar-refractivity contribution in [2.75, 3.05) is 7.11 Å². The van der Waals surface area contributed by atoms with Crippen molar-refractivity contribution >= 4 is 22.5 Å². The summed E-state index contributed by atoms with van der Waals surface area (Å²) < 4.78 is 0. The van der Waals surface area contributed by atoms with Gasteiger partial charge in [0.05, 0.1) is 10.9 Å². The van der Waals surface area contributed by atoms with E-state index in [1.165, 1.54) is 7.11 Å². The van der Waals surface area contributed by atoms with Crippen LogP contribution in [0.15, 0.2) is 23.0 Å². The molecule has 5 heteroatoms. The van der Waals surface area contributed by atoms with E-state index in [2.05, 4.69) is 5.10 Å². The molecule has 0 aliphatic carbocycles. The maximum Gasteiger partial charge on any atom is 0.310 e. The van der Waals surface area contributed by atoms with E-state index in [0.717, 1.165) is 4.85 Å². The second-order valence-electron chi connectivity index (χ2n) is 2.58. The number of halogens is 1. The number of nitrogens with one attached hydrogen (secondary N) is 1. The number of aromatic amines is 1. The first kappa shape index (κ1) is 8.19. The summed E-state index contributed by atoms with van der Waals surface area (Å²) in [6, 6.07) is 5.04. The lowest BCUT2D eigenvalue weighted by Crippen LogP contribution is -2.21. The maximum atomic E-state index is 11.5. The fourth-order valence-corrected chi connectivity index (χ4v) is 1.36. The van der Waals surface area contributed by atoms with E-state index in [9.17, 15) is 4.79 Å². The van der Waals surface area contributed by atoms with Crippen LogP contribution in [0.25, 0.3) is 10.9 Å². The predicted octanol–water partition coefficient (Wildman–Crippen LogP) is 1.04. The van der Waals surface area contributed by atoms with Crippen molar-refractivity contribution in [1.82, 2.24) is 9.94 Å². The molecular weight excluding hydrogens is 192 g/mol. The fraction of sp³-hybridized carbons (Fsp3) is 0.125. The molecule has 0 aliphatic rings. The number of fused-ring (bicyclic) bond motifs is 1. The minimum absolute atomic E-state index is 0.236. The Balaban J connectivity index is 2.85. The molecule has 0 amide bonds. The van der Waals surface area contributed by atoms with Crippen LogP contribution < -0.4 is 10.4 Å². The molecule has 0 saturated heterocycles. The SMILES string of the molecule is COn1[nH]c2ccc(Cl)cc2c1=O. The summed E-state index contributed by atoms with van der Waals surface area (Å²) in [5, 5.41) is 3.82. The lowest BCUT2D eigenvalue weighted by Gasteiger charge is -1.93. The van der Waals surface area contributed by atoms with E-state index in [1.807, 2.05) is 0 Å². The molecule has 1 N–H and O–H groups in total. The van der Waals surface area contributed by atoms with Crippen molar-refractivity contribution in [2.24, 2.45) is 0 Å². The van der Waals surface area contributed by atoms with Crippen LogP contribution in [0, 0.1) is 0 Å². The Morgan fingerprint density at radius 2 is 2.31 bits per heavy atom. The molecule has 4 nitrogen and oxygen atoms in total. The summed E-state index contributed by atoms with van der Waals surface area (Å²) in [6.07, 6.45) is 0. The number of nitrogens with zero attached hydrogens (tertiary/aromatic N) is 1. The minimum Gasteiger partial charge on any atom is -0.398 e. The topological polar surface area (TPSA) is 47.0 Å². The highest BCUT2D eigenvalue weighted by molar-refractivity contribution is 6.31. The van der Waals surface area contributed by atoms with E-state index in [-0.39, 0.29) is 5.56 Å². The van der Waals surface area contributed by atoms with Crippen LogP contribution in [0.2, 0.25) is 5.02 Å². The average molecular weight is 199 g/mol. The molecule has 0 aliphatic heterocycles. The van der Waals surface area contributed by atoms with E-state index in [0.29, 0.717) is 15.9 Å². The maximum absolute atomic E-state index is 11.5. The van der Waals surface area contributed by atoms with Gasteiger partial charge in [0, 0.05) is 5.02 Å². The molecule has 0 radical (unpaired) electrons. The first-order chi connectivity index (χ1) is 6.22. The monoisotopic (exact) mass is 198 g/mol. The first-order valence-corrected chi connectivity index (χ1v) is 4.05. The zero-order valence-electron chi connectivity index (χ0n) is 6.87. The number of rotatable bonds is 1. The van der Waals surface area contributed by atoms with Crippen molar-refractivity contribution in [3.8, 4) is 0 Å². The van der Waals surface area contributed by atoms with Gasteiger partial charge in [0.15, 0.2) is 0 Å². The minimum atomic E-state index is -0.236. The fourth-order valence-electron chi connectivity index (χ4n) is 1.19. The van der Waals surface area contributed by atoms with E-state index in [1.54, 1.807) is 18.2 Å². The van der Waals surface area contributed by atoms with Gasteiger partial charge in [-0.1, -0.05) is 16.4 Å². The summed E-state index contributed by atoms with van der Waals surface area (Å²) in [6.45, 7) is 0. The Bertz CT molecular complexity index is 500. The molecule has 2 aromatic rings. The molecule has 1 aromatic heterocycles. The molecule has 0 fully saturated rings. The normalized spacial score (nSPS) is 10.6. The zero-order valence-corrected chi connectivity index (χ0v) is 7.63. The quantitative estimate of drug-likeness (QED) is 0.745. The molecule has 68 valence electrons. The summed E-state index contributed by atoms with van der Waals surface area (Å²) in [4.78, 5) is 17.3. The number of hydrogen-bond donors (Lipinski definition) is 1. The Morgan fingerprint density at radius 3 is 3.00 bits per heavy atom. The molecule has 2 rings (SSSR count). The molecule has 0 unspecified atom stereocenters. The van der Waals surface area contributed by atoms with Gasteiger partial charge in [-0.25, -0.2) is 0 Å². The van der Waals surface area contributed by atoms with Gasteiger partial charge in [-0.3, -0.25) is 9.89 Å². The zero-order chi connectivity index (χ0) is 9.42. The van der Waals surface area contributed by atoms with Crippen molar-refractivity contribution in [3.05, 3.63) is 33.6 Å². The summed E-state index contributed by atoms with van der Waals surface area (Å²) in [7, 11) is 1.42. The van der Waals surface area contributed by atoms with Gasteiger partial charge in [0.25, 0.3) is 0 Å². The van der Waals surface area contributed by atoms with Crippen LogP contribution in [-0.2, 0) is 0 Å². The van der Waals surface area contributed by atoms with Crippen LogP contribution in [0.5, 0.6) is 0 Å². The molecule has 0 spiro atoms. The second kappa shape index (κ2) is 2.81. The molecule has 1 aromatic carbocycles. The van der Waals surface area contributed by atoms with Crippen LogP contribution >= 0.6 is 11.6 Å². The van der Waals surface area contributed by atoms with Gasteiger partial charge >= 0.3 is 5.56 Å². The Hall–Kier alpha value is -1.42. The summed E-state index contributed by atoms with van der Waals surface area (Å²) >= 11 is 5.74. The molecule has 0 atom stereocenters. The third-order valence-corrected chi connectivity index (χ3v) is 2.04. The van der Waals surface area contributed by atoms with Crippen molar-refractivity contribution in [2.45, 2.75) is 0 Å². The van der Waals surface area contributed by atoms with E-state index in [4.69, 9.17) is 16.4 Å². The van der Waals surface area contributed by atoms with Crippen molar-refractivity contribution in [1.29, 1.82) is 0 Å². The predicted molar refractivity (Wildman–Crippen MR) is 50.1 cm³/mol. The number of aromatic nitrogens is 2. The Kier molecular flexibility index (Phi) is 1.77. The highest BCUT2D eigenvalue weighted by Crippen LogP contribution is 2.14. The van der Waals surface area contributed by atoms with E-state index >= 15 is 0 Å². The standard InChI is InChI=1S/C8H7ClN2O2/c1-13-11-8(12)6-4-5(9)2-3-7(6)10-11/h2-4,10H,1H3. The summed E-state index contributed by atoms with van der Waals surface area (Å²) in [5.41, 5.74) is 0.469. The molecule has 13 heavy (non-hydrogen) atoms. The van der Waals surface area contributed by atoms with Gasteiger partial charge in [0.1, 0.15) is 7.11 Å². The highest BCUT2D eigenvalue weighted by Gasteiger charge is 2.05. The second-order valence-corrected chi connectivity index (χ2v) is 3.02. The smallest absolute Gasteiger partial charge is 0.310 e. The lowest BCUT2D eigenvalue weighted by atomic mass is 10.3. The van der Waals surface area contributed by atoms with Crippen LogP contribution in [-0.4, -0.2) is 17.1 Å². The van der Waals surface area contributed by atoms with Gasteiger partial charge in [-0.15, -0.1) is 0 Å². The van der Waals surface area contributed by atoms with E-state index < -0.39 is 0 Å². The van der Waals surface area contributed by atoms with Crippen LogP contribution in [0.3, 0.4) is 0 Å². The summed E-state index contributed by atoms with van der Waals surface area (Å²) in [5.74, 6) is 0. The van der Waals surface area contributed by atoms with Crippen LogP contribution in [0.1, 0.15) is 0 Å². The molecular formula is C8H7ClN2O2. The first-order valence-electron chi connectivity index (χ1n) is 3.67. The lowest BCUT2D eigenvalue weighted by molar-refractivity contribution is 0.128. The van der Waals surface area contributed by atoms with Gasteiger partial charge in [-0.05, 0) is 18.2 Å². The third-order valence-electron chi connectivity index (χ3n) is 1.80. The van der Waals surface area contributed by atoms with Crippen molar-refractivity contribution in [3.63, 3.8) is 0 Å². The molecule has 1 heterocycles.